The van der Waals surface area contributed by atoms with Crippen molar-refractivity contribution in [3.05, 3.63) is 24.2 Å². The van der Waals surface area contributed by atoms with E-state index in [-0.39, 0.29) is 0 Å². The standard InChI is InChI=1S/C7H4N3O/c11-3-5-1-2-8-7-6(5)9-4-10-7/h1-2,4H,(H,8,9,10). The molecule has 2 aromatic heterocycles. The highest BCUT2D eigenvalue weighted by Gasteiger charge is 2.01. The topological polar surface area (TPSA) is 58.6 Å². The van der Waals surface area contributed by atoms with Gasteiger partial charge in [0.15, 0.2) is 5.65 Å². The van der Waals surface area contributed by atoms with Crippen LogP contribution in [0.1, 0.15) is 5.56 Å². The summed E-state index contributed by atoms with van der Waals surface area (Å²) in [5.74, 6) is 0. The van der Waals surface area contributed by atoms with E-state index in [0.717, 1.165) is 0 Å². The van der Waals surface area contributed by atoms with Gasteiger partial charge in [0.2, 0.25) is 6.29 Å². The Morgan fingerprint density at radius 1 is 1.45 bits per heavy atom. The van der Waals surface area contributed by atoms with Crippen molar-refractivity contribution in [2.75, 3.05) is 0 Å². The number of hydrogen-bond acceptors (Lipinski definition) is 3. The van der Waals surface area contributed by atoms with E-state index in [2.05, 4.69) is 15.0 Å². The second-order valence-corrected chi connectivity index (χ2v) is 2.06. The minimum absolute atomic E-state index is 0.465. The van der Waals surface area contributed by atoms with E-state index in [0.29, 0.717) is 16.7 Å². The molecule has 0 saturated carbocycles. The fourth-order valence-corrected chi connectivity index (χ4v) is 0.934. The Hall–Kier alpha value is -1.71. The maximum Gasteiger partial charge on any atom is 0.235 e. The fraction of sp³-hybridized carbons (Fsp3) is 0. The molecule has 1 radical (unpaired) electrons. The number of hydrogen-bond donors (Lipinski definition) is 1. The molecule has 0 amide bonds. The second-order valence-electron chi connectivity index (χ2n) is 2.06. The van der Waals surface area contributed by atoms with Crippen LogP contribution in [0, 0.1) is 0 Å². The smallest absolute Gasteiger partial charge is 0.235 e. The minimum Gasteiger partial charge on any atom is -0.343 e. The van der Waals surface area contributed by atoms with E-state index in [1.807, 2.05) is 0 Å². The highest BCUT2D eigenvalue weighted by Crippen LogP contribution is 2.08. The molecule has 0 bridgehead atoms. The molecule has 0 aromatic carbocycles. The van der Waals surface area contributed by atoms with Crippen molar-refractivity contribution < 1.29 is 4.79 Å². The average Bonchev–Trinajstić information content (AvgIpc) is 2.50. The van der Waals surface area contributed by atoms with Crippen molar-refractivity contribution in [2.45, 2.75) is 0 Å². The van der Waals surface area contributed by atoms with Crippen LogP contribution in [0.25, 0.3) is 11.2 Å². The zero-order valence-electron chi connectivity index (χ0n) is 5.53. The summed E-state index contributed by atoms with van der Waals surface area (Å²) in [6.45, 7) is 0. The highest BCUT2D eigenvalue weighted by atomic mass is 16.1. The number of rotatable bonds is 1. The quantitative estimate of drug-likeness (QED) is 0.634. The van der Waals surface area contributed by atoms with Crippen molar-refractivity contribution in [2.24, 2.45) is 0 Å². The molecule has 11 heavy (non-hydrogen) atoms. The lowest BCUT2D eigenvalue weighted by Gasteiger charge is -1.88. The molecule has 0 saturated heterocycles. The summed E-state index contributed by atoms with van der Waals surface area (Å²) < 4.78 is 0. The first-order valence-corrected chi connectivity index (χ1v) is 3.08. The van der Waals surface area contributed by atoms with Crippen LogP contribution in [0.4, 0.5) is 0 Å². The first kappa shape index (κ1) is 6.03. The first-order valence-electron chi connectivity index (χ1n) is 3.08. The fourth-order valence-electron chi connectivity index (χ4n) is 0.934. The number of nitrogens with one attached hydrogen (secondary N) is 1. The molecule has 0 unspecified atom stereocenters. The lowest BCUT2D eigenvalue weighted by molar-refractivity contribution is 0.563. The maximum atomic E-state index is 10.3. The van der Waals surface area contributed by atoms with Crippen LogP contribution in [0.2, 0.25) is 0 Å². The normalized spacial score (nSPS) is 10.2. The monoisotopic (exact) mass is 146 g/mol. The molecule has 2 rings (SSSR count). The molecule has 4 heteroatoms. The molecule has 2 aromatic rings. The van der Waals surface area contributed by atoms with E-state index in [9.17, 15) is 4.79 Å². The van der Waals surface area contributed by atoms with Crippen molar-refractivity contribution in [1.29, 1.82) is 0 Å². The summed E-state index contributed by atoms with van der Waals surface area (Å²) >= 11 is 0. The lowest BCUT2D eigenvalue weighted by atomic mass is 10.3. The molecule has 0 aliphatic heterocycles. The van der Waals surface area contributed by atoms with Gasteiger partial charge in [-0.3, -0.25) is 4.79 Å². The molecule has 0 atom stereocenters. The average molecular weight is 146 g/mol. The van der Waals surface area contributed by atoms with Gasteiger partial charge in [0.1, 0.15) is 0 Å². The minimum atomic E-state index is 0.465. The maximum absolute atomic E-state index is 10.3. The van der Waals surface area contributed by atoms with Crippen molar-refractivity contribution in [3.63, 3.8) is 0 Å². The van der Waals surface area contributed by atoms with Crippen molar-refractivity contribution in [1.82, 2.24) is 15.0 Å². The Labute approximate surface area is 62.3 Å². The molecular weight excluding hydrogens is 142 g/mol. The third kappa shape index (κ3) is 0.797. The van der Waals surface area contributed by atoms with Crippen molar-refractivity contribution in [3.8, 4) is 0 Å². The van der Waals surface area contributed by atoms with Crippen LogP contribution in [0.3, 0.4) is 0 Å². The number of aromatic amines is 1. The first-order chi connectivity index (χ1) is 5.42. The predicted molar refractivity (Wildman–Crippen MR) is 38.7 cm³/mol. The van der Waals surface area contributed by atoms with Crippen molar-refractivity contribution >= 4 is 17.5 Å². The molecule has 0 spiro atoms. The molecule has 0 aliphatic rings. The Bertz CT molecular complexity index is 393. The van der Waals surface area contributed by atoms with Crippen LogP contribution in [-0.4, -0.2) is 21.2 Å². The van der Waals surface area contributed by atoms with Gasteiger partial charge < -0.3 is 4.98 Å². The number of fused-ring (bicyclic) bond motifs is 1. The molecule has 0 aliphatic carbocycles. The zero-order valence-corrected chi connectivity index (χ0v) is 5.53. The van der Waals surface area contributed by atoms with Crippen LogP contribution in [-0.2, 0) is 4.79 Å². The van der Waals surface area contributed by atoms with Gasteiger partial charge >= 0.3 is 0 Å². The lowest BCUT2D eigenvalue weighted by Crippen LogP contribution is -1.84. The van der Waals surface area contributed by atoms with Crippen LogP contribution >= 0.6 is 0 Å². The number of nitrogens with zero attached hydrogens (tertiary/aromatic N) is 2. The van der Waals surface area contributed by atoms with Gasteiger partial charge in [-0.05, 0) is 6.07 Å². The summed E-state index contributed by atoms with van der Waals surface area (Å²) in [6.07, 6.45) is 4.82. The van der Waals surface area contributed by atoms with E-state index in [4.69, 9.17) is 0 Å². The Morgan fingerprint density at radius 2 is 2.36 bits per heavy atom. The number of H-pyrrole nitrogens is 1. The molecule has 4 nitrogen and oxygen atoms in total. The van der Waals surface area contributed by atoms with Gasteiger partial charge in [0.25, 0.3) is 0 Å². The van der Waals surface area contributed by atoms with Gasteiger partial charge in [-0.15, -0.1) is 0 Å². The van der Waals surface area contributed by atoms with Crippen LogP contribution in [0.5, 0.6) is 0 Å². The molecule has 53 valence electrons. The molecule has 1 N–H and O–H groups in total. The summed E-state index contributed by atoms with van der Waals surface area (Å²) in [5, 5.41) is 0. The highest BCUT2D eigenvalue weighted by molar-refractivity contribution is 5.92. The van der Waals surface area contributed by atoms with E-state index < -0.39 is 0 Å². The van der Waals surface area contributed by atoms with Crippen LogP contribution in [0.15, 0.2) is 18.6 Å². The van der Waals surface area contributed by atoms with E-state index in [1.54, 1.807) is 12.4 Å². The van der Waals surface area contributed by atoms with Gasteiger partial charge in [0, 0.05) is 6.20 Å². The van der Waals surface area contributed by atoms with Crippen LogP contribution < -0.4 is 0 Å². The Kier molecular flexibility index (Phi) is 1.18. The zero-order chi connectivity index (χ0) is 7.68. The summed E-state index contributed by atoms with van der Waals surface area (Å²) in [4.78, 5) is 20.9. The van der Waals surface area contributed by atoms with Gasteiger partial charge in [0.05, 0.1) is 17.4 Å². The largest absolute Gasteiger partial charge is 0.343 e. The number of pyridine rings is 1. The summed E-state index contributed by atoms with van der Waals surface area (Å²) in [5.41, 5.74) is 1.65. The second kappa shape index (κ2) is 2.16. The van der Waals surface area contributed by atoms with E-state index >= 15 is 0 Å². The molecule has 2 heterocycles. The van der Waals surface area contributed by atoms with Gasteiger partial charge in [-0.1, -0.05) is 0 Å². The van der Waals surface area contributed by atoms with Gasteiger partial charge in [-0.25, -0.2) is 9.97 Å². The Morgan fingerprint density at radius 3 is 3.18 bits per heavy atom. The predicted octanol–water partition coefficient (Wildman–Crippen LogP) is 0.416. The number of carbonyl (C=O) groups excluding carboxylic acids is 1. The SMILES string of the molecule is O=[C]c1ccnc2nc[nH]c12. The number of aromatic nitrogens is 3. The van der Waals surface area contributed by atoms with Gasteiger partial charge in [-0.2, -0.15) is 0 Å². The van der Waals surface area contributed by atoms with E-state index in [1.165, 1.54) is 12.5 Å². The third-order valence-electron chi connectivity index (χ3n) is 1.44. The number of imidazole rings is 1. The summed E-state index contributed by atoms with van der Waals surface area (Å²) in [7, 11) is 0. The Balaban J connectivity index is 2.88. The third-order valence-corrected chi connectivity index (χ3v) is 1.44. The summed E-state index contributed by atoms with van der Waals surface area (Å²) in [6, 6.07) is 1.59. The molecule has 0 fully saturated rings. The molecular formula is C7H4N3O.